The number of rotatable bonds is 5. The van der Waals surface area contributed by atoms with Gasteiger partial charge in [-0.05, 0) is 6.92 Å². The molecule has 13 heteroatoms. The molecule has 3 nitrogen and oxygen atoms in total. The molecule has 0 radical (unpaired) electrons. The first-order chi connectivity index (χ1) is 8.48. The first-order valence-corrected chi connectivity index (χ1v) is 6.07. The van der Waals surface area contributed by atoms with Crippen LogP contribution in [0.25, 0.3) is 0 Å². The van der Waals surface area contributed by atoms with Crippen LogP contribution in [0.4, 0.5) is 39.5 Å². The molecule has 0 amide bonds. The predicted octanol–water partition coefficient (Wildman–Crippen LogP) is 2.21. The van der Waals surface area contributed by atoms with Crippen LogP contribution in [-0.2, 0) is 9.84 Å². The normalized spacial score (nSPS) is 17.1. The van der Waals surface area contributed by atoms with Crippen molar-refractivity contribution in [2.24, 2.45) is 0 Å². The summed E-state index contributed by atoms with van der Waals surface area (Å²) in [5, 5.41) is -1.11. The van der Waals surface area contributed by atoms with Crippen LogP contribution in [0.3, 0.4) is 0 Å². The second-order valence-corrected chi connectivity index (χ2v) is 6.11. The molecule has 0 rings (SSSR count). The minimum atomic E-state index is -7.29. The van der Waals surface area contributed by atoms with Crippen molar-refractivity contribution in [3.63, 3.8) is 0 Å². The number of aliphatic hydroxyl groups is 1. The van der Waals surface area contributed by atoms with Gasteiger partial charge in [-0.25, -0.2) is 8.42 Å². The summed E-state index contributed by atoms with van der Waals surface area (Å²) >= 11 is 0. The van der Waals surface area contributed by atoms with E-state index in [0.717, 1.165) is 0 Å². The fourth-order valence-electron chi connectivity index (χ4n) is 0.890. The number of halogens is 9. The fourth-order valence-corrected chi connectivity index (χ4v) is 2.08. The van der Waals surface area contributed by atoms with Gasteiger partial charge in [-0.15, -0.1) is 0 Å². The molecule has 0 aromatic heterocycles. The van der Waals surface area contributed by atoms with Gasteiger partial charge in [0, 0.05) is 0 Å². The lowest BCUT2D eigenvalue weighted by atomic mass is 10.1. The largest absolute Gasteiger partial charge is 0.460 e. The molecule has 0 aromatic rings. The first kappa shape index (κ1) is 19.3. The van der Waals surface area contributed by atoms with Crippen LogP contribution in [0, 0.1) is 0 Å². The predicted molar refractivity (Wildman–Crippen MR) is 46.4 cm³/mol. The average molecular weight is 342 g/mol. The second-order valence-electron chi connectivity index (χ2n) is 3.70. The van der Waals surface area contributed by atoms with E-state index in [1.807, 2.05) is 0 Å². The molecular formula is C7H7F9O3S. The maximum Gasteiger partial charge on any atom is 0.460 e. The minimum absolute atomic E-state index is 0.241. The van der Waals surface area contributed by atoms with Crippen molar-refractivity contribution in [1.82, 2.24) is 0 Å². The molecule has 122 valence electrons. The van der Waals surface area contributed by atoms with Crippen molar-refractivity contribution >= 4 is 9.84 Å². The van der Waals surface area contributed by atoms with Crippen LogP contribution in [0.15, 0.2) is 0 Å². The minimum Gasteiger partial charge on any atom is -0.395 e. The quantitative estimate of drug-likeness (QED) is 0.780. The van der Waals surface area contributed by atoms with Crippen molar-refractivity contribution < 1.29 is 53.0 Å². The number of hydrogen-bond donors (Lipinski definition) is 1. The van der Waals surface area contributed by atoms with Crippen molar-refractivity contribution in [3.8, 4) is 0 Å². The van der Waals surface area contributed by atoms with E-state index < -0.39 is 45.0 Å². The number of alkyl halides is 9. The zero-order chi connectivity index (χ0) is 16.8. The van der Waals surface area contributed by atoms with Gasteiger partial charge in [0.2, 0.25) is 9.84 Å². The molecule has 1 N–H and O–H groups in total. The SMILES string of the molecule is CC(CO)S(=O)(=O)C(F)(F)C(F)(F)C(F)(F)C(F)(F)F. The van der Waals surface area contributed by atoms with Crippen LogP contribution in [-0.4, -0.2) is 48.7 Å². The van der Waals surface area contributed by atoms with Gasteiger partial charge in [-0.3, -0.25) is 0 Å². The van der Waals surface area contributed by atoms with Gasteiger partial charge in [0.05, 0.1) is 11.9 Å². The van der Waals surface area contributed by atoms with Gasteiger partial charge in [0.25, 0.3) is 0 Å². The molecule has 0 spiro atoms. The third kappa shape index (κ3) is 2.44. The summed E-state index contributed by atoms with van der Waals surface area (Å²) in [6, 6.07) is 0. The van der Waals surface area contributed by atoms with E-state index in [1.54, 1.807) is 0 Å². The Morgan fingerprint density at radius 2 is 1.25 bits per heavy atom. The van der Waals surface area contributed by atoms with Gasteiger partial charge in [0.15, 0.2) is 0 Å². The Morgan fingerprint density at radius 1 is 0.900 bits per heavy atom. The lowest BCUT2D eigenvalue weighted by Gasteiger charge is -2.34. The molecule has 0 saturated carbocycles. The Hall–Kier alpha value is -0.720. The third-order valence-electron chi connectivity index (χ3n) is 2.26. The second kappa shape index (κ2) is 4.93. The van der Waals surface area contributed by atoms with Crippen molar-refractivity contribution in [3.05, 3.63) is 0 Å². The highest BCUT2D eigenvalue weighted by molar-refractivity contribution is 7.93. The van der Waals surface area contributed by atoms with E-state index in [9.17, 15) is 47.9 Å². The van der Waals surface area contributed by atoms with Gasteiger partial charge in [-0.2, -0.15) is 39.5 Å². The number of sulfone groups is 1. The number of hydrogen-bond acceptors (Lipinski definition) is 3. The van der Waals surface area contributed by atoms with Crippen LogP contribution in [0.1, 0.15) is 6.92 Å². The van der Waals surface area contributed by atoms with E-state index in [2.05, 4.69) is 0 Å². The van der Waals surface area contributed by atoms with Gasteiger partial charge >= 0.3 is 23.3 Å². The number of aliphatic hydroxyl groups excluding tert-OH is 1. The Labute approximate surface area is 106 Å². The van der Waals surface area contributed by atoms with Gasteiger partial charge < -0.3 is 5.11 Å². The molecular weight excluding hydrogens is 335 g/mol. The highest BCUT2D eigenvalue weighted by Gasteiger charge is 2.85. The van der Waals surface area contributed by atoms with E-state index >= 15 is 0 Å². The summed E-state index contributed by atoms with van der Waals surface area (Å²) in [5.74, 6) is -14.5. The standard InChI is InChI=1S/C7H7F9O3S/c1-3(2-17)20(18,19)7(15,16)5(10,11)4(8,9)6(12,13)14/h3,17H,2H2,1H3. The molecule has 0 aromatic carbocycles. The Kier molecular flexibility index (Phi) is 4.75. The van der Waals surface area contributed by atoms with Crippen molar-refractivity contribution in [2.75, 3.05) is 6.61 Å². The summed E-state index contributed by atoms with van der Waals surface area (Å²) in [4.78, 5) is 0. The maximum absolute atomic E-state index is 13.0. The van der Waals surface area contributed by atoms with E-state index in [-0.39, 0.29) is 6.92 Å². The lowest BCUT2D eigenvalue weighted by Crippen LogP contribution is -2.64. The van der Waals surface area contributed by atoms with Gasteiger partial charge in [0.1, 0.15) is 0 Å². The monoisotopic (exact) mass is 342 g/mol. The highest BCUT2D eigenvalue weighted by atomic mass is 32.2. The molecule has 0 bridgehead atoms. The third-order valence-corrected chi connectivity index (χ3v) is 4.44. The molecule has 0 aliphatic heterocycles. The molecule has 1 atom stereocenters. The zero-order valence-corrected chi connectivity index (χ0v) is 10.2. The summed E-state index contributed by atoms with van der Waals surface area (Å²) in [7, 11) is -6.50. The van der Waals surface area contributed by atoms with Crippen molar-refractivity contribution in [2.45, 2.75) is 35.4 Å². The molecule has 0 aliphatic rings. The first-order valence-electron chi connectivity index (χ1n) is 4.53. The molecule has 0 fully saturated rings. The molecule has 20 heavy (non-hydrogen) atoms. The highest BCUT2D eigenvalue weighted by Crippen LogP contribution is 2.55. The summed E-state index contributed by atoms with van der Waals surface area (Å²) < 4.78 is 133. The summed E-state index contributed by atoms with van der Waals surface area (Å²) in [5.41, 5.74) is 0. The van der Waals surface area contributed by atoms with Gasteiger partial charge in [-0.1, -0.05) is 0 Å². The Balaban J connectivity index is 6.08. The van der Waals surface area contributed by atoms with Crippen LogP contribution >= 0.6 is 0 Å². The lowest BCUT2D eigenvalue weighted by molar-refractivity contribution is -0.382. The zero-order valence-electron chi connectivity index (χ0n) is 9.36. The molecule has 0 saturated heterocycles. The topological polar surface area (TPSA) is 54.4 Å². The maximum atomic E-state index is 13.0. The van der Waals surface area contributed by atoms with Crippen LogP contribution < -0.4 is 0 Å². The van der Waals surface area contributed by atoms with Crippen molar-refractivity contribution in [1.29, 1.82) is 0 Å². The average Bonchev–Trinajstić information content (AvgIpc) is 2.25. The fraction of sp³-hybridized carbons (Fsp3) is 1.00. The molecule has 1 unspecified atom stereocenters. The molecule has 0 heterocycles. The van der Waals surface area contributed by atoms with Crippen LogP contribution in [0.2, 0.25) is 0 Å². The van der Waals surface area contributed by atoms with E-state index in [1.165, 1.54) is 0 Å². The molecule has 0 aliphatic carbocycles. The van der Waals surface area contributed by atoms with Crippen LogP contribution in [0.5, 0.6) is 0 Å². The smallest absolute Gasteiger partial charge is 0.395 e. The Bertz CT molecular complexity index is 453. The summed E-state index contributed by atoms with van der Waals surface area (Å²) in [6.45, 7) is -1.43. The van der Waals surface area contributed by atoms with E-state index in [4.69, 9.17) is 5.11 Å². The Morgan fingerprint density at radius 3 is 1.50 bits per heavy atom. The summed E-state index contributed by atoms with van der Waals surface area (Å²) in [6.07, 6.45) is -7.10. The van der Waals surface area contributed by atoms with E-state index in [0.29, 0.717) is 0 Å².